The average Bonchev–Trinajstić information content (AvgIpc) is 3.48. The van der Waals surface area contributed by atoms with Gasteiger partial charge in [-0.05, 0) is 37.1 Å². The van der Waals surface area contributed by atoms with Crippen molar-refractivity contribution >= 4 is 40.0 Å². The number of aryl methyl sites for hydroxylation is 1. The summed E-state index contributed by atoms with van der Waals surface area (Å²) in [5.41, 5.74) is 4.68. The Morgan fingerprint density at radius 2 is 1.84 bits per heavy atom. The number of nitrogens with one attached hydrogen (secondary N) is 2. The van der Waals surface area contributed by atoms with E-state index in [2.05, 4.69) is 42.6 Å². The maximum absolute atomic E-state index is 12.8. The number of rotatable bonds is 6. The third kappa shape index (κ3) is 4.20. The molecule has 2 bridgehead atoms. The fourth-order valence-electron chi connectivity index (χ4n) is 5.06. The molecular weight excluding hydrogens is 472 g/mol. The van der Waals surface area contributed by atoms with Crippen molar-refractivity contribution in [1.82, 2.24) is 24.5 Å². The highest BCUT2D eigenvalue weighted by molar-refractivity contribution is 5.98. The molecule has 2 aliphatic heterocycles. The summed E-state index contributed by atoms with van der Waals surface area (Å²) in [6, 6.07) is 8.08. The Balaban J connectivity index is 1.34. The molecule has 0 aliphatic carbocycles. The van der Waals surface area contributed by atoms with Crippen LogP contribution in [-0.2, 0) is 16.5 Å². The molecule has 3 aromatic heterocycles. The molecule has 0 radical (unpaired) electrons. The van der Waals surface area contributed by atoms with E-state index in [1.165, 1.54) is 7.11 Å². The minimum absolute atomic E-state index is 0.0678. The van der Waals surface area contributed by atoms with E-state index < -0.39 is 5.97 Å². The smallest absolute Gasteiger partial charge is 0.360 e. The predicted molar refractivity (Wildman–Crippen MR) is 140 cm³/mol. The predicted octanol–water partition coefficient (Wildman–Crippen LogP) is 3.36. The van der Waals surface area contributed by atoms with Crippen LogP contribution in [-0.4, -0.2) is 69.9 Å². The van der Waals surface area contributed by atoms with Crippen molar-refractivity contribution in [3.05, 3.63) is 48.7 Å². The number of hydrogen-bond acceptors (Lipinski definition) is 10. The van der Waals surface area contributed by atoms with Crippen LogP contribution in [0.4, 0.5) is 23.0 Å². The fourth-order valence-corrected chi connectivity index (χ4v) is 5.06. The number of carbonyl (C=O) groups is 1. The number of fused-ring (bicyclic) bond motifs is 3. The van der Waals surface area contributed by atoms with Crippen molar-refractivity contribution in [1.29, 1.82) is 0 Å². The molecule has 0 amide bonds. The van der Waals surface area contributed by atoms with Crippen LogP contribution in [0.3, 0.4) is 0 Å². The van der Waals surface area contributed by atoms with Gasteiger partial charge >= 0.3 is 5.97 Å². The van der Waals surface area contributed by atoms with Crippen molar-refractivity contribution in [2.45, 2.75) is 25.0 Å². The van der Waals surface area contributed by atoms with Crippen LogP contribution in [0.1, 0.15) is 23.3 Å². The first-order valence-electron chi connectivity index (χ1n) is 12.2. The molecule has 0 spiro atoms. The zero-order valence-electron chi connectivity index (χ0n) is 20.9. The number of hydrogen-bond donors (Lipinski definition) is 2. The van der Waals surface area contributed by atoms with Crippen molar-refractivity contribution in [3.8, 4) is 11.3 Å². The number of esters is 1. The molecule has 2 aliphatic rings. The zero-order valence-corrected chi connectivity index (χ0v) is 20.9. The van der Waals surface area contributed by atoms with Crippen LogP contribution in [0.25, 0.3) is 22.3 Å². The third-order valence-corrected chi connectivity index (χ3v) is 6.94. The van der Waals surface area contributed by atoms with Crippen LogP contribution in [0.15, 0.2) is 43.0 Å². The molecule has 6 rings (SSSR count). The number of morpholine rings is 1. The van der Waals surface area contributed by atoms with E-state index in [4.69, 9.17) is 14.5 Å². The van der Waals surface area contributed by atoms with Gasteiger partial charge < -0.3 is 29.6 Å². The van der Waals surface area contributed by atoms with Crippen LogP contribution in [0, 0.1) is 0 Å². The average molecular weight is 501 g/mol. The van der Waals surface area contributed by atoms with Gasteiger partial charge in [0.15, 0.2) is 17.3 Å². The Morgan fingerprint density at radius 1 is 1.08 bits per heavy atom. The highest BCUT2D eigenvalue weighted by Crippen LogP contribution is 2.34. The molecule has 0 saturated carbocycles. The van der Waals surface area contributed by atoms with Crippen LogP contribution >= 0.6 is 0 Å². The normalized spacial score (nSPS) is 18.7. The second-order valence-corrected chi connectivity index (χ2v) is 9.30. The van der Waals surface area contributed by atoms with E-state index in [0.29, 0.717) is 40.6 Å². The lowest BCUT2D eigenvalue weighted by Crippen LogP contribution is -2.42. The van der Waals surface area contributed by atoms with Gasteiger partial charge in [-0.15, -0.1) is 0 Å². The van der Waals surface area contributed by atoms with Gasteiger partial charge in [0.2, 0.25) is 0 Å². The summed E-state index contributed by atoms with van der Waals surface area (Å²) in [5.74, 6) is 0.175. The Labute approximate surface area is 213 Å². The molecule has 2 N–H and O–H groups in total. The first kappa shape index (κ1) is 23.2. The Hall–Kier alpha value is -4.25. The number of imidazole rings is 1. The van der Waals surface area contributed by atoms with Crippen molar-refractivity contribution < 1.29 is 14.3 Å². The van der Waals surface area contributed by atoms with Gasteiger partial charge in [-0.25, -0.2) is 19.7 Å². The number of anilines is 4. The molecule has 1 aromatic carbocycles. The monoisotopic (exact) mass is 500 g/mol. The summed E-state index contributed by atoms with van der Waals surface area (Å²) in [5, 5.41) is 6.35. The zero-order chi connectivity index (χ0) is 25.5. The van der Waals surface area contributed by atoms with Gasteiger partial charge in [0.1, 0.15) is 11.2 Å². The van der Waals surface area contributed by atoms with Crippen molar-refractivity contribution in [2.75, 3.05) is 42.8 Å². The van der Waals surface area contributed by atoms with Gasteiger partial charge in [0, 0.05) is 44.8 Å². The number of methoxy groups -OCH3 is 1. The number of benzene rings is 1. The van der Waals surface area contributed by atoms with E-state index >= 15 is 0 Å². The van der Waals surface area contributed by atoms with Gasteiger partial charge in [0.05, 0.1) is 42.9 Å². The summed E-state index contributed by atoms with van der Waals surface area (Å²) < 4.78 is 12.9. The lowest BCUT2D eigenvalue weighted by molar-refractivity contribution is 0.0305. The third-order valence-electron chi connectivity index (χ3n) is 6.94. The van der Waals surface area contributed by atoms with E-state index in [9.17, 15) is 4.79 Å². The Bertz CT molecular complexity index is 1460. The minimum atomic E-state index is -0.597. The van der Waals surface area contributed by atoms with Crippen molar-refractivity contribution in [2.24, 2.45) is 7.05 Å². The molecule has 2 unspecified atom stereocenters. The van der Waals surface area contributed by atoms with E-state index in [1.54, 1.807) is 25.8 Å². The maximum Gasteiger partial charge on any atom is 0.360 e. The number of pyridine rings is 1. The molecule has 37 heavy (non-hydrogen) atoms. The summed E-state index contributed by atoms with van der Waals surface area (Å²) >= 11 is 0. The first-order chi connectivity index (χ1) is 18.0. The largest absolute Gasteiger partial charge is 0.464 e. The quantitative estimate of drug-likeness (QED) is 0.381. The molecule has 190 valence electrons. The van der Waals surface area contributed by atoms with Crippen LogP contribution in [0.2, 0.25) is 0 Å². The molecule has 2 atom stereocenters. The van der Waals surface area contributed by atoms with Gasteiger partial charge in [-0.2, -0.15) is 0 Å². The Morgan fingerprint density at radius 3 is 2.54 bits per heavy atom. The van der Waals surface area contributed by atoms with Crippen molar-refractivity contribution in [3.63, 3.8) is 0 Å². The highest BCUT2D eigenvalue weighted by atomic mass is 16.5. The topological polar surface area (TPSA) is 119 Å². The number of nitrogens with zero attached hydrogens (tertiary/aromatic N) is 6. The number of ether oxygens (including phenoxy) is 2. The molecule has 11 heteroatoms. The van der Waals surface area contributed by atoms with E-state index in [1.807, 2.05) is 23.7 Å². The summed E-state index contributed by atoms with van der Waals surface area (Å²) in [6.07, 6.45) is 8.02. The molecular formula is C26H28N8O3. The van der Waals surface area contributed by atoms with Gasteiger partial charge in [-0.3, -0.25) is 4.98 Å². The maximum atomic E-state index is 12.8. The summed E-state index contributed by atoms with van der Waals surface area (Å²) in [7, 11) is 4.98. The molecule has 4 aromatic rings. The lowest BCUT2D eigenvalue weighted by atomic mass is 10.1. The van der Waals surface area contributed by atoms with Gasteiger partial charge in [0.25, 0.3) is 0 Å². The minimum Gasteiger partial charge on any atom is -0.464 e. The SMILES string of the molecule is CNc1nc(Nc2ccc(N3CC4CCC(C3)O4)cc2)c(C(=O)OC)nc1-c1cncc2c1ncn2C. The first-order valence-corrected chi connectivity index (χ1v) is 12.2. The Kier molecular flexibility index (Phi) is 5.84. The molecule has 11 nitrogen and oxygen atoms in total. The summed E-state index contributed by atoms with van der Waals surface area (Å²) in [4.78, 5) is 33.4. The lowest BCUT2D eigenvalue weighted by Gasteiger charge is -2.33. The second kappa shape index (κ2) is 9.32. The highest BCUT2D eigenvalue weighted by Gasteiger charge is 2.33. The van der Waals surface area contributed by atoms with Gasteiger partial charge in [-0.1, -0.05) is 0 Å². The van der Waals surface area contributed by atoms with Crippen LogP contribution in [0.5, 0.6) is 0 Å². The standard InChI is InChI=1S/C26H28N8O3/c1-27-24-22(19-10-28-11-20-21(19)29-14-33(20)2)31-23(26(35)36-3)25(32-24)30-15-4-6-16(7-5-15)34-12-17-8-9-18(13-34)37-17/h4-7,10-11,14,17-18H,8-9,12-13H2,1-3H3,(H2,27,30,32). The number of carbonyl (C=O) groups excluding carboxylic acids is 1. The van der Waals surface area contributed by atoms with E-state index in [0.717, 1.165) is 42.8 Å². The van der Waals surface area contributed by atoms with E-state index in [-0.39, 0.29) is 5.69 Å². The number of aromatic nitrogens is 5. The molecule has 2 saturated heterocycles. The molecule has 2 fully saturated rings. The summed E-state index contributed by atoms with van der Waals surface area (Å²) in [6.45, 7) is 1.82. The fraction of sp³-hybridized carbons (Fsp3) is 0.346. The second-order valence-electron chi connectivity index (χ2n) is 9.30. The van der Waals surface area contributed by atoms with Crippen LogP contribution < -0.4 is 15.5 Å². The molecule has 5 heterocycles.